The molecule has 3 N–H and O–H groups in total. The average molecular weight is 283 g/mol. The van der Waals surface area contributed by atoms with Crippen LogP contribution >= 0.6 is 11.3 Å². The van der Waals surface area contributed by atoms with Crippen LogP contribution in [0.15, 0.2) is 12.1 Å². The van der Waals surface area contributed by atoms with Crippen LogP contribution in [0.2, 0.25) is 0 Å². The number of hydrogen-bond acceptors (Lipinski definition) is 4. The molecule has 2 rings (SSSR count). The molecule has 1 fully saturated rings. The summed E-state index contributed by atoms with van der Waals surface area (Å²) in [6.07, 6.45) is 5.24. The van der Waals surface area contributed by atoms with E-state index in [4.69, 9.17) is 5.11 Å². The molecule has 2 unspecified atom stereocenters. The van der Waals surface area contributed by atoms with Crippen LogP contribution in [0.5, 0.6) is 0 Å². The van der Waals surface area contributed by atoms with Crippen molar-refractivity contribution in [2.45, 2.75) is 57.2 Å². The number of aliphatic carboxylic acids is 1. The van der Waals surface area contributed by atoms with Crippen molar-refractivity contribution in [3.05, 3.63) is 21.9 Å². The first kappa shape index (κ1) is 14.5. The second kappa shape index (κ2) is 7.03. The van der Waals surface area contributed by atoms with E-state index in [1.165, 1.54) is 24.2 Å². The van der Waals surface area contributed by atoms with Crippen molar-refractivity contribution in [3.63, 3.8) is 0 Å². The number of hydrogen-bond donors (Lipinski definition) is 3. The number of carboxylic acids is 1. The second-order valence-corrected chi connectivity index (χ2v) is 6.38. The zero-order chi connectivity index (χ0) is 13.7. The molecule has 1 aliphatic rings. The summed E-state index contributed by atoms with van der Waals surface area (Å²) in [5.41, 5.74) is 0. The van der Waals surface area contributed by atoms with E-state index in [0.717, 1.165) is 29.0 Å². The number of carboxylic acid groups (broad SMARTS) is 1. The maximum atomic E-state index is 10.6. The Morgan fingerprint density at radius 2 is 2.00 bits per heavy atom. The maximum absolute atomic E-state index is 10.6. The summed E-state index contributed by atoms with van der Waals surface area (Å²) in [5, 5.41) is 22.2. The monoisotopic (exact) mass is 283 g/mol. The summed E-state index contributed by atoms with van der Waals surface area (Å²) in [6.45, 7) is 0.714. The summed E-state index contributed by atoms with van der Waals surface area (Å²) in [4.78, 5) is 12.6. The van der Waals surface area contributed by atoms with Gasteiger partial charge >= 0.3 is 5.97 Å². The standard InChI is InChI=1S/C14H21NO3S/c16-13-5-3-1-2-4-12(13)15-9-11-7-6-10(19-11)8-14(17)18/h6-7,12-13,15-16H,1-5,8-9H2,(H,17,18). The fourth-order valence-corrected chi connectivity index (χ4v) is 3.48. The highest BCUT2D eigenvalue weighted by molar-refractivity contribution is 7.12. The van der Waals surface area contributed by atoms with Gasteiger partial charge in [0, 0.05) is 22.3 Å². The molecule has 1 aromatic heterocycles. The lowest BCUT2D eigenvalue weighted by Gasteiger charge is -2.21. The van der Waals surface area contributed by atoms with Gasteiger partial charge in [-0.1, -0.05) is 19.3 Å². The third-order valence-electron chi connectivity index (χ3n) is 3.56. The number of carbonyl (C=O) groups is 1. The SMILES string of the molecule is O=C(O)Cc1ccc(CNC2CCCCCC2O)s1. The maximum Gasteiger partial charge on any atom is 0.308 e. The Kier molecular flexibility index (Phi) is 5.36. The summed E-state index contributed by atoms with van der Waals surface area (Å²) in [6, 6.07) is 4.02. The van der Waals surface area contributed by atoms with Crippen LogP contribution in [0.3, 0.4) is 0 Å². The molecule has 4 nitrogen and oxygen atoms in total. The number of aliphatic hydroxyl groups excluding tert-OH is 1. The third kappa shape index (κ3) is 4.60. The first-order valence-electron chi connectivity index (χ1n) is 6.86. The third-order valence-corrected chi connectivity index (χ3v) is 4.65. The first-order valence-corrected chi connectivity index (χ1v) is 7.67. The minimum Gasteiger partial charge on any atom is -0.481 e. The molecule has 0 saturated heterocycles. The summed E-state index contributed by atoms with van der Waals surface area (Å²) >= 11 is 1.53. The molecule has 2 atom stereocenters. The van der Waals surface area contributed by atoms with Gasteiger partial charge in [-0.2, -0.15) is 0 Å². The Hall–Kier alpha value is -0.910. The normalized spacial score (nSPS) is 24.1. The number of aliphatic hydroxyl groups is 1. The Morgan fingerprint density at radius 3 is 2.79 bits per heavy atom. The topological polar surface area (TPSA) is 69.6 Å². The van der Waals surface area contributed by atoms with Gasteiger partial charge in [0.1, 0.15) is 0 Å². The van der Waals surface area contributed by atoms with E-state index in [0.29, 0.717) is 6.54 Å². The highest BCUT2D eigenvalue weighted by atomic mass is 32.1. The number of nitrogens with one attached hydrogen (secondary N) is 1. The fraction of sp³-hybridized carbons (Fsp3) is 0.643. The first-order chi connectivity index (χ1) is 9.15. The Bertz CT molecular complexity index is 419. The van der Waals surface area contributed by atoms with E-state index in [9.17, 15) is 9.90 Å². The molecule has 0 aromatic carbocycles. The van der Waals surface area contributed by atoms with Crippen LogP contribution in [0.25, 0.3) is 0 Å². The molecule has 1 heterocycles. The molecular weight excluding hydrogens is 262 g/mol. The van der Waals surface area contributed by atoms with E-state index in [1.54, 1.807) is 0 Å². The summed E-state index contributed by atoms with van der Waals surface area (Å²) < 4.78 is 0. The molecule has 1 aliphatic carbocycles. The van der Waals surface area contributed by atoms with Gasteiger partial charge < -0.3 is 15.5 Å². The van der Waals surface area contributed by atoms with Gasteiger partial charge in [0.2, 0.25) is 0 Å². The lowest BCUT2D eigenvalue weighted by molar-refractivity contribution is -0.136. The van der Waals surface area contributed by atoms with Crippen LogP contribution in [0.4, 0.5) is 0 Å². The molecule has 1 saturated carbocycles. The molecule has 0 radical (unpaired) electrons. The van der Waals surface area contributed by atoms with Gasteiger partial charge in [-0.05, 0) is 25.0 Å². The lowest BCUT2D eigenvalue weighted by atomic mass is 10.1. The van der Waals surface area contributed by atoms with Crippen molar-refractivity contribution in [2.75, 3.05) is 0 Å². The van der Waals surface area contributed by atoms with Gasteiger partial charge in [0.15, 0.2) is 0 Å². The smallest absolute Gasteiger partial charge is 0.308 e. The van der Waals surface area contributed by atoms with Crippen LogP contribution in [0, 0.1) is 0 Å². The minimum atomic E-state index is -0.791. The number of rotatable bonds is 5. The predicted molar refractivity (Wildman–Crippen MR) is 75.4 cm³/mol. The molecule has 0 aliphatic heterocycles. The predicted octanol–water partition coefficient (Wildman–Crippen LogP) is 2.16. The van der Waals surface area contributed by atoms with Crippen LogP contribution in [0.1, 0.15) is 41.9 Å². The van der Waals surface area contributed by atoms with Crippen molar-refractivity contribution in [2.24, 2.45) is 0 Å². The quantitative estimate of drug-likeness (QED) is 0.724. The van der Waals surface area contributed by atoms with E-state index in [-0.39, 0.29) is 18.6 Å². The highest BCUT2D eigenvalue weighted by Crippen LogP contribution is 2.20. The molecular formula is C14H21NO3S. The van der Waals surface area contributed by atoms with Gasteiger partial charge in [0.25, 0.3) is 0 Å². The van der Waals surface area contributed by atoms with E-state index >= 15 is 0 Å². The van der Waals surface area contributed by atoms with Gasteiger partial charge in [0.05, 0.1) is 12.5 Å². The largest absolute Gasteiger partial charge is 0.481 e. The molecule has 106 valence electrons. The molecule has 1 aromatic rings. The molecule has 0 bridgehead atoms. The van der Waals surface area contributed by atoms with Crippen LogP contribution < -0.4 is 5.32 Å². The van der Waals surface area contributed by atoms with Crippen molar-refractivity contribution >= 4 is 17.3 Å². The number of thiophene rings is 1. The van der Waals surface area contributed by atoms with E-state index in [1.807, 2.05) is 12.1 Å². The fourth-order valence-electron chi connectivity index (χ4n) is 2.52. The molecule has 5 heteroatoms. The average Bonchev–Trinajstić information content (AvgIpc) is 2.68. The Labute approximate surface area is 117 Å². The van der Waals surface area contributed by atoms with Crippen molar-refractivity contribution in [1.29, 1.82) is 0 Å². The Morgan fingerprint density at radius 1 is 1.26 bits per heavy atom. The molecule has 19 heavy (non-hydrogen) atoms. The van der Waals surface area contributed by atoms with Gasteiger partial charge in [-0.3, -0.25) is 4.79 Å². The second-order valence-electron chi connectivity index (χ2n) is 5.13. The van der Waals surface area contributed by atoms with E-state index < -0.39 is 5.97 Å². The van der Waals surface area contributed by atoms with Crippen molar-refractivity contribution in [3.8, 4) is 0 Å². The zero-order valence-electron chi connectivity index (χ0n) is 11.0. The van der Waals surface area contributed by atoms with Gasteiger partial charge in [-0.25, -0.2) is 0 Å². The van der Waals surface area contributed by atoms with E-state index in [2.05, 4.69) is 5.32 Å². The minimum absolute atomic E-state index is 0.0940. The van der Waals surface area contributed by atoms with Gasteiger partial charge in [-0.15, -0.1) is 11.3 Å². The van der Waals surface area contributed by atoms with Crippen molar-refractivity contribution < 1.29 is 15.0 Å². The highest BCUT2D eigenvalue weighted by Gasteiger charge is 2.20. The van der Waals surface area contributed by atoms with Crippen molar-refractivity contribution in [1.82, 2.24) is 5.32 Å². The lowest BCUT2D eigenvalue weighted by Crippen LogP contribution is -2.38. The zero-order valence-corrected chi connectivity index (χ0v) is 11.8. The molecule has 0 amide bonds. The Balaban J connectivity index is 1.83. The summed E-state index contributed by atoms with van der Waals surface area (Å²) in [7, 11) is 0. The molecule has 0 spiro atoms. The summed E-state index contributed by atoms with van der Waals surface area (Å²) in [5.74, 6) is -0.791. The van der Waals surface area contributed by atoms with Crippen LogP contribution in [-0.2, 0) is 17.8 Å². The van der Waals surface area contributed by atoms with Crippen LogP contribution in [-0.4, -0.2) is 28.3 Å².